The molecule has 1 aromatic heterocycles. The zero-order chi connectivity index (χ0) is 11.8. The summed E-state index contributed by atoms with van der Waals surface area (Å²) < 4.78 is 0. The van der Waals surface area contributed by atoms with Crippen LogP contribution in [-0.2, 0) is 0 Å². The Morgan fingerprint density at radius 1 is 1.50 bits per heavy atom. The zero-order valence-corrected chi connectivity index (χ0v) is 11.4. The number of hydrogen-bond acceptors (Lipinski definition) is 2. The number of hydrogen-bond donors (Lipinski definition) is 1. The van der Waals surface area contributed by atoms with Gasteiger partial charge in [-0.25, -0.2) is 0 Å². The van der Waals surface area contributed by atoms with E-state index < -0.39 is 0 Å². The monoisotopic (exact) mass is 258 g/mol. The Morgan fingerprint density at radius 3 is 2.81 bits per heavy atom. The molecule has 0 amide bonds. The Balaban J connectivity index is 2.20. The molecule has 0 saturated heterocycles. The van der Waals surface area contributed by atoms with E-state index in [0.29, 0.717) is 5.92 Å². The van der Waals surface area contributed by atoms with Gasteiger partial charge in [-0.1, -0.05) is 38.3 Å². The van der Waals surface area contributed by atoms with E-state index in [9.17, 15) is 5.11 Å². The van der Waals surface area contributed by atoms with E-state index in [2.05, 4.69) is 13.8 Å². The molecular weight excluding hydrogens is 240 g/mol. The van der Waals surface area contributed by atoms with Crippen LogP contribution in [0, 0.1) is 11.3 Å². The Hall–Kier alpha value is -0.0500. The molecule has 2 rings (SSSR count). The summed E-state index contributed by atoms with van der Waals surface area (Å²) in [6.07, 6.45) is 4.45. The molecule has 3 heteroatoms. The van der Waals surface area contributed by atoms with Gasteiger partial charge in [0, 0.05) is 0 Å². The molecule has 1 aromatic rings. The van der Waals surface area contributed by atoms with Crippen LogP contribution in [0.2, 0.25) is 5.02 Å². The minimum atomic E-state index is -0.386. The Morgan fingerprint density at radius 2 is 2.25 bits per heavy atom. The van der Waals surface area contributed by atoms with Crippen LogP contribution < -0.4 is 0 Å². The second-order valence-corrected chi connectivity index (χ2v) is 6.77. The molecule has 1 fully saturated rings. The average Bonchev–Trinajstić information content (AvgIpc) is 2.63. The van der Waals surface area contributed by atoms with Gasteiger partial charge in [0.1, 0.15) is 0 Å². The highest BCUT2D eigenvalue weighted by Crippen LogP contribution is 2.48. The number of halogens is 1. The summed E-state index contributed by atoms with van der Waals surface area (Å²) in [6.45, 7) is 4.53. The van der Waals surface area contributed by atoms with Crippen LogP contribution in [0.5, 0.6) is 0 Å². The van der Waals surface area contributed by atoms with Gasteiger partial charge >= 0.3 is 0 Å². The fourth-order valence-electron chi connectivity index (χ4n) is 2.81. The van der Waals surface area contributed by atoms with Gasteiger partial charge in [0.05, 0.1) is 16.0 Å². The van der Waals surface area contributed by atoms with Gasteiger partial charge in [-0.05, 0) is 35.6 Å². The van der Waals surface area contributed by atoms with Gasteiger partial charge in [-0.2, -0.15) is 0 Å². The first-order valence-corrected chi connectivity index (χ1v) is 7.19. The Labute approximate surface area is 106 Å². The second-order valence-electron chi connectivity index (χ2n) is 5.42. The number of rotatable bonds is 2. The van der Waals surface area contributed by atoms with Crippen molar-refractivity contribution < 1.29 is 5.11 Å². The summed E-state index contributed by atoms with van der Waals surface area (Å²) >= 11 is 7.67. The molecule has 0 aromatic carbocycles. The molecule has 2 atom stereocenters. The van der Waals surface area contributed by atoms with Crippen molar-refractivity contribution in [3.8, 4) is 0 Å². The number of aliphatic hydroxyl groups excluding tert-OH is 1. The second kappa shape index (κ2) is 4.67. The number of thiophene rings is 1. The van der Waals surface area contributed by atoms with E-state index in [0.717, 1.165) is 16.3 Å². The van der Waals surface area contributed by atoms with E-state index in [1.54, 1.807) is 11.3 Å². The normalized spacial score (nSPS) is 26.6. The van der Waals surface area contributed by atoms with Crippen LogP contribution in [0.15, 0.2) is 11.4 Å². The van der Waals surface area contributed by atoms with Crippen LogP contribution >= 0.6 is 22.9 Å². The van der Waals surface area contributed by atoms with Gasteiger partial charge in [-0.15, -0.1) is 11.3 Å². The van der Waals surface area contributed by atoms with Crippen molar-refractivity contribution in [1.29, 1.82) is 0 Å². The molecule has 1 heterocycles. The van der Waals surface area contributed by atoms with Crippen molar-refractivity contribution in [1.82, 2.24) is 0 Å². The van der Waals surface area contributed by atoms with Gasteiger partial charge in [-0.3, -0.25) is 0 Å². The van der Waals surface area contributed by atoms with Crippen molar-refractivity contribution in [2.24, 2.45) is 11.3 Å². The molecular formula is C13H19ClOS. The molecule has 0 spiro atoms. The van der Waals surface area contributed by atoms with E-state index in [1.807, 2.05) is 11.4 Å². The predicted molar refractivity (Wildman–Crippen MR) is 70.0 cm³/mol. The Bertz CT molecular complexity index is 359. The predicted octanol–water partition coefficient (Wildman–Crippen LogP) is 4.65. The van der Waals surface area contributed by atoms with Crippen LogP contribution in [-0.4, -0.2) is 5.11 Å². The molecule has 1 aliphatic carbocycles. The third-order valence-corrected chi connectivity index (χ3v) is 5.31. The molecule has 1 nitrogen and oxygen atoms in total. The summed E-state index contributed by atoms with van der Waals surface area (Å²) in [4.78, 5) is 0.946. The lowest BCUT2D eigenvalue weighted by Crippen LogP contribution is -2.32. The molecule has 1 N–H and O–H groups in total. The lowest BCUT2D eigenvalue weighted by molar-refractivity contribution is 0.00595. The van der Waals surface area contributed by atoms with E-state index in [1.165, 1.54) is 19.3 Å². The van der Waals surface area contributed by atoms with Crippen LogP contribution in [0.4, 0.5) is 0 Å². The quantitative estimate of drug-likeness (QED) is 0.819. The molecule has 0 bridgehead atoms. The van der Waals surface area contributed by atoms with Crippen molar-refractivity contribution in [2.45, 2.75) is 45.6 Å². The minimum absolute atomic E-state index is 0.227. The van der Waals surface area contributed by atoms with E-state index >= 15 is 0 Å². The van der Waals surface area contributed by atoms with Crippen molar-refractivity contribution in [3.05, 3.63) is 21.3 Å². The summed E-state index contributed by atoms with van der Waals surface area (Å²) in [7, 11) is 0. The average molecular weight is 259 g/mol. The fraction of sp³-hybridized carbons (Fsp3) is 0.692. The third kappa shape index (κ3) is 2.29. The highest BCUT2D eigenvalue weighted by Gasteiger charge is 2.38. The highest BCUT2D eigenvalue weighted by atomic mass is 35.5. The minimum Gasteiger partial charge on any atom is -0.387 e. The molecule has 90 valence electrons. The molecule has 0 aliphatic heterocycles. The number of aliphatic hydroxyl groups is 1. The van der Waals surface area contributed by atoms with Crippen LogP contribution in [0.3, 0.4) is 0 Å². The standard InChI is InChI=1S/C13H19ClOS/c1-13(2)7-4-3-5-9(13)11(15)12-10(14)6-8-16-12/h6,8-9,11,15H,3-5,7H2,1-2H3. The van der Waals surface area contributed by atoms with Gasteiger partial charge in [0.15, 0.2) is 0 Å². The first kappa shape index (κ1) is 12.4. The van der Waals surface area contributed by atoms with Crippen molar-refractivity contribution in [2.75, 3.05) is 0 Å². The lowest BCUT2D eigenvalue weighted by Gasteiger charge is -2.41. The topological polar surface area (TPSA) is 20.2 Å². The van der Waals surface area contributed by atoms with E-state index in [4.69, 9.17) is 11.6 Å². The van der Waals surface area contributed by atoms with Gasteiger partial charge < -0.3 is 5.11 Å². The van der Waals surface area contributed by atoms with Crippen molar-refractivity contribution >= 4 is 22.9 Å². The maximum atomic E-state index is 10.5. The fourth-order valence-corrected chi connectivity index (χ4v) is 4.02. The molecule has 16 heavy (non-hydrogen) atoms. The molecule has 1 aliphatic rings. The van der Waals surface area contributed by atoms with Gasteiger partial charge in [0.2, 0.25) is 0 Å². The smallest absolute Gasteiger partial charge is 0.0930 e. The van der Waals surface area contributed by atoms with Crippen molar-refractivity contribution in [3.63, 3.8) is 0 Å². The van der Waals surface area contributed by atoms with Gasteiger partial charge in [0.25, 0.3) is 0 Å². The summed E-state index contributed by atoms with van der Waals surface area (Å²) in [5.74, 6) is 0.345. The van der Waals surface area contributed by atoms with E-state index in [-0.39, 0.29) is 11.5 Å². The maximum Gasteiger partial charge on any atom is 0.0930 e. The zero-order valence-electron chi connectivity index (χ0n) is 9.87. The third-order valence-electron chi connectivity index (χ3n) is 3.88. The Kier molecular flexibility index (Phi) is 3.62. The summed E-state index contributed by atoms with van der Waals surface area (Å²) in [5.41, 5.74) is 0.227. The molecule has 2 unspecified atom stereocenters. The molecule has 0 radical (unpaired) electrons. The SMILES string of the molecule is CC1(C)CCCCC1C(O)c1sccc1Cl. The first-order chi connectivity index (χ1) is 7.52. The van der Waals surface area contributed by atoms with Crippen LogP contribution in [0.1, 0.15) is 50.5 Å². The van der Waals surface area contributed by atoms with Crippen LogP contribution in [0.25, 0.3) is 0 Å². The highest BCUT2D eigenvalue weighted by molar-refractivity contribution is 7.10. The maximum absolute atomic E-state index is 10.5. The lowest BCUT2D eigenvalue weighted by atomic mass is 9.66. The first-order valence-electron chi connectivity index (χ1n) is 5.93. The molecule has 1 saturated carbocycles. The largest absolute Gasteiger partial charge is 0.387 e. The summed E-state index contributed by atoms with van der Waals surface area (Å²) in [6, 6.07) is 1.88. The summed E-state index contributed by atoms with van der Waals surface area (Å²) in [5, 5.41) is 13.2.